The van der Waals surface area contributed by atoms with Crippen molar-refractivity contribution in [3.05, 3.63) is 58.9 Å². The lowest BCUT2D eigenvalue weighted by atomic mass is 10.2. The average Bonchev–Trinajstić information content (AvgIpc) is 3.15. The van der Waals surface area contributed by atoms with Gasteiger partial charge in [-0.25, -0.2) is 9.55 Å². The van der Waals surface area contributed by atoms with Crippen molar-refractivity contribution in [1.29, 1.82) is 0 Å². The van der Waals surface area contributed by atoms with Gasteiger partial charge in [-0.05, 0) is 24.6 Å². The molecule has 0 atom stereocenters. The first kappa shape index (κ1) is 20.0. The van der Waals surface area contributed by atoms with Gasteiger partial charge in [0.05, 0.1) is 18.6 Å². The molecule has 2 aromatic carbocycles. The second-order valence-corrected chi connectivity index (χ2v) is 7.68. The van der Waals surface area contributed by atoms with Gasteiger partial charge in [-0.2, -0.15) is 0 Å². The number of hydrogen-bond acceptors (Lipinski definition) is 5. The Hall–Kier alpha value is -3.26. The second-order valence-electron chi connectivity index (χ2n) is 6.74. The molecule has 2 N–H and O–H groups in total. The third-order valence-corrected chi connectivity index (χ3v) is 5.66. The van der Waals surface area contributed by atoms with Crippen LogP contribution in [-0.4, -0.2) is 39.8 Å². The van der Waals surface area contributed by atoms with Gasteiger partial charge in [0.2, 0.25) is 5.91 Å². The summed E-state index contributed by atoms with van der Waals surface area (Å²) in [5, 5.41) is 4.16. The molecule has 0 unspecified atom stereocenters. The molecule has 0 aliphatic heterocycles. The number of carbonyl (C=O) groups excluding carboxylic acids is 1. The van der Waals surface area contributed by atoms with E-state index in [1.54, 1.807) is 19.2 Å². The predicted octanol–water partition coefficient (Wildman–Crippen LogP) is 3.49. The van der Waals surface area contributed by atoms with Gasteiger partial charge < -0.3 is 15.0 Å². The van der Waals surface area contributed by atoms with Crippen LogP contribution in [0.4, 0.5) is 0 Å². The summed E-state index contributed by atoms with van der Waals surface area (Å²) in [5.74, 6) is 0.617. The van der Waals surface area contributed by atoms with Gasteiger partial charge in [-0.1, -0.05) is 49.0 Å². The smallest absolute Gasteiger partial charge is 0.283 e. The summed E-state index contributed by atoms with van der Waals surface area (Å²) in [6.07, 6.45) is 0.863. The van der Waals surface area contributed by atoms with E-state index in [4.69, 9.17) is 9.72 Å². The lowest BCUT2D eigenvalue weighted by molar-refractivity contribution is -0.118. The first-order valence-corrected chi connectivity index (χ1v) is 10.7. The van der Waals surface area contributed by atoms with Gasteiger partial charge >= 0.3 is 0 Å². The van der Waals surface area contributed by atoms with Crippen LogP contribution in [0, 0.1) is 0 Å². The summed E-state index contributed by atoms with van der Waals surface area (Å²) in [5.41, 5.74) is 2.19. The van der Waals surface area contributed by atoms with Crippen LogP contribution in [0.25, 0.3) is 27.6 Å². The van der Waals surface area contributed by atoms with Gasteiger partial charge in [0.15, 0.2) is 5.16 Å². The van der Waals surface area contributed by atoms with Gasteiger partial charge in [0.1, 0.15) is 16.8 Å². The number of amides is 1. The van der Waals surface area contributed by atoms with E-state index in [0.29, 0.717) is 34.2 Å². The molecule has 2 aromatic heterocycles. The van der Waals surface area contributed by atoms with Crippen molar-refractivity contribution in [2.45, 2.75) is 18.5 Å². The van der Waals surface area contributed by atoms with Crippen LogP contribution < -0.4 is 15.6 Å². The van der Waals surface area contributed by atoms with E-state index < -0.39 is 0 Å². The Morgan fingerprint density at radius 3 is 2.77 bits per heavy atom. The van der Waals surface area contributed by atoms with Crippen molar-refractivity contribution < 1.29 is 9.53 Å². The molecule has 0 fully saturated rings. The standard InChI is InChI=1S/C22H22N4O3S/c1-3-12-23-18(27)13-30-22-25-19-14-8-4-5-9-15(14)24-20(19)21(28)26(22)16-10-6-7-11-17(16)29-2/h4-11,24H,3,12-13H2,1-2H3,(H,23,27). The molecular formula is C22H22N4O3S. The van der Waals surface area contributed by atoms with E-state index >= 15 is 0 Å². The zero-order valence-electron chi connectivity index (χ0n) is 16.8. The molecule has 0 aliphatic carbocycles. The van der Waals surface area contributed by atoms with E-state index in [1.165, 1.54) is 16.3 Å². The molecule has 2 heterocycles. The number of nitrogens with one attached hydrogen (secondary N) is 2. The Bertz CT molecular complexity index is 1280. The van der Waals surface area contributed by atoms with Crippen LogP contribution in [0.3, 0.4) is 0 Å². The van der Waals surface area contributed by atoms with E-state index in [1.807, 2.05) is 43.3 Å². The topological polar surface area (TPSA) is 89.0 Å². The fourth-order valence-corrected chi connectivity index (χ4v) is 4.14. The molecule has 30 heavy (non-hydrogen) atoms. The summed E-state index contributed by atoms with van der Waals surface area (Å²) < 4.78 is 6.98. The number of methoxy groups -OCH3 is 1. The zero-order valence-corrected chi connectivity index (χ0v) is 17.6. The summed E-state index contributed by atoms with van der Waals surface area (Å²) in [7, 11) is 1.56. The highest BCUT2D eigenvalue weighted by Crippen LogP contribution is 2.29. The Morgan fingerprint density at radius 2 is 1.97 bits per heavy atom. The molecule has 4 aromatic rings. The van der Waals surface area contributed by atoms with E-state index in [9.17, 15) is 9.59 Å². The van der Waals surface area contributed by atoms with Crippen molar-refractivity contribution in [3.8, 4) is 11.4 Å². The highest BCUT2D eigenvalue weighted by Gasteiger charge is 2.19. The quantitative estimate of drug-likeness (QED) is 0.352. The molecule has 1 amide bonds. The number of para-hydroxylation sites is 3. The first-order chi connectivity index (χ1) is 14.6. The number of H-pyrrole nitrogens is 1. The number of hydrogen-bond donors (Lipinski definition) is 2. The van der Waals surface area contributed by atoms with Crippen molar-refractivity contribution in [1.82, 2.24) is 19.9 Å². The normalized spacial score (nSPS) is 11.1. The fraction of sp³-hybridized carbons (Fsp3) is 0.227. The summed E-state index contributed by atoms with van der Waals surface area (Å²) in [6.45, 7) is 2.62. The Kier molecular flexibility index (Phi) is 5.76. The third-order valence-electron chi connectivity index (χ3n) is 4.72. The van der Waals surface area contributed by atoms with E-state index in [0.717, 1.165) is 17.3 Å². The maximum absolute atomic E-state index is 13.5. The molecule has 154 valence electrons. The van der Waals surface area contributed by atoms with Crippen molar-refractivity contribution in [3.63, 3.8) is 0 Å². The van der Waals surface area contributed by atoms with Gasteiger partial charge in [-0.15, -0.1) is 0 Å². The molecule has 0 spiro atoms. The monoisotopic (exact) mass is 422 g/mol. The van der Waals surface area contributed by atoms with Crippen LogP contribution >= 0.6 is 11.8 Å². The number of aromatic nitrogens is 3. The molecular weight excluding hydrogens is 400 g/mol. The van der Waals surface area contributed by atoms with E-state index in [2.05, 4.69) is 10.3 Å². The van der Waals surface area contributed by atoms with Crippen molar-refractivity contribution >= 4 is 39.6 Å². The third kappa shape index (κ3) is 3.66. The van der Waals surface area contributed by atoms with Crippen LogP contribution in [0.1, 0.15) is 13.3 Å². The largest absolute Gasteiger partial charge is 0.495 e. The lowest BCUT2D eigenvalue weighted by Gasteiger charge is -2.14. The fourth-order valence-electron chi connectivity index (χ4n) is 3.31. The van der Waals surface area contributed by atoms with E-state index in [-0.39, 0.29) is 17.2 Å². The molecule has 0 bridgehead atoms. The van der Waals surface area contributed by atoms with Crippen LogP contribution in [0.5, 0.6) is 5.75 Å². The SMILES string of the molecule is CCCNC(=O)CSc1nc2c([nH]c3ccccc32)c(=O)n1-c1ccccc1OC. The number of fused-ring (bicyclic) bond motifs is 3. The number of aromatic amines is 1. The molecule has 7 nitrogen and oxygen atoms in total. The van der Waals surface area contributed by atoms with Crippen molar-refractivity contribution in [2.24, 2.45) is 0 Å². The molecule has 0 radical (unpaired) electrons. The van der Waals surface area contributed by atoms with Crippen LogP contribution in [-0.2, 0) is 4.79 Å². The number of thioether (sulfide) groups is 1. The van der Waals surface area contributed by atoms with Gasteiger partial charge in [0.25, 0.3) is 5.56 Å². The maximum Gasteiger partial charge on any atom is 0.283 e. The highest BCUT2D eigenvalue weighted by atomic mass is 32.2. The summed E-state index contributed by atoms with van der Waals surface area (Å²) in [6, 6.07) is 14.9. The van der Waals surface area contributed by atoms with Gasteiger partial charge in [0, 0.05) is 17.4 Å². The Morgan fingerprint density at radius 1 is 1.20 bits per heavy atom. The van der Waals surface area contributed by atoms with Crippen LogP contribution in [0.2, 0.25) is 0 Å². The molecule has 8 heteroatoms. The number of benzene rings is 2. The first-order valence-electron chi connectivity index (χ1n) is 9.70. The zero-order chi connectivity index (χ0) is 21.1. The number of carbonyl (C=O) groups is 1. The van der Waals surface area contributed by atoms with Crippen molar-refractivity contribution in [2.75, 3.05) is 19.4 Å². The molecule has 4 rings (SSSR count). The highest BCUT2D eigenvalue weighted by molar-refractivity contribution is 7.99. The average molecular weight is 423 g/mol. The Labute approximate surface area is 177 Å². The number of rotatable bonds is 7. The minimum atomic E-state index is -0.239. The molecule has 0 aliphatic rings. The summed E-state index contributed by atoms with van der Waals surface area (Å²) >= 11 is 1.23. The second kappa shape index (κ2) is 8.62. The number of ether oxygens (including phenoxy) is 1. The molecule has 0 saturated heterocycles. The number of nitrogens with zero attached hydrogens (tertiary/aromatic N) is 2. The minimum absolute atomic E-state index is 0.0956. The lowest BCUT2D eigenvalue weighted by Crippen LogP contribution is -2.27. The summed E-state index contributed by atoms with van der Waals surface area (Å²) in [4.78, 5) is 33.7. The van der Waals surface area contributed by atoms with Gasteiger partial charge in [-0.3, -0.25) is 9.59 Å². The Balaban J connectivity index is 1.90. The molecule has 0 saturated carbocycles. The predicted molar refractivity (Wildman–Crippen MR) is 120 cm³/mol. The minimum Gasteiger partial charge on any atom is -0.495 e. The maximum atomic E-state index is 13.5. The van der Waals surface area contributed by atoms with Crippen LogP contribution in [0.15, 0.2) is 58.5 Å².